The zero-order valence-corrected chi connectivity index (χ0v) is 16.7. The van der Waals surface area contributed by atoms with E-state index in [0.29, 0.717) is 24.7 Å². The molecule has 2 aromatic heterocycles. The van der Waals surface area contributed by atoms with E-state index in [1.165, 1.54) is 6.08 Å². The maximum atomic E-state index is 12.1. The van der Waals surface area contributed by atoms with E-state index in [2.05, 4.69) is 26.2 Å². The van der Waals surface area contributed by atoms with E-state index in [9.17, 15) is 4.79 Å². The third-order valence-corrected chi connectivity index (χ3v) is 4.29. The van der Waals surface area contributed by atoms with Crippen LogP contribution in [0.1, 0.15) is 18.2 Å². The van der Waals surface area contributed by atoms with Crippen molar-refractivity contribution < 1.29 is 14.3 Å². The average molecular weight is 430 g/mol. The van der Waals surface area contributed by atoms with Crippen molar-refractivity contribution in [2.24, 2.45) is 0 Å². The van der Waals surface area contributed by atoms with Gasteiger partial charge in [0.05, 0.1) is 26.0 Å². The Bertz CT molecular complexity index is 982. The van der Waals surface area contributed by atoms with Crippen molar-refractivity contribution in [2.75, 3.05) is 13.7 Å². The highest BCUT2D eigenvalue weighted by Gasteiger charge is 2.05. The Morgan fingerprint density at radius 3 is 2.89 bits per heavy atom. The molecule has 0 fully saturated rings. The fraction of sp³-hybridized carbons (Fsp3) is 0.200. The molecule has 3 rings (SSSR count). The van der Waals surface area contributed by atoms with Crippen LogP contribution in [0, 0.1) is 0 Å². The molecule has 6 nitrogen and oxygen atoms in total. The summed E-state index contributed by atoms with van der Waals surface area (Å²) in [6, 6.07) is 9.36. The van der Waals surface area contributed by atoms with E-state index in [1.807, 2.05) is 54.0 Å². The van der Waals surface area contributed by atoms with Gasteiger partial charge in [-0.05, 0) is 58.8 Å². The van der Waals surface area contributed by atoms with Gasteiger partial charge in [-0.1, -0.05) is 6.07 Å². The molecule has 0 unspecified atom stereocenters. The number of benzene rings is 1. The summed E-state index contributed by atoms with van der Waals surface area (Å²) in [6.07, 6.45) is 7.04. The quantitative estimate of drug-likeness (QED) is 0.579. The van der Waals surface area contributed by atoms with Gasteiger partial charge in [0.15, 0.2) is 11.5 Å². The predicted octanol–water partition coefficient (Wildman–Crippen LogP) is 3.83. The number of hydrogen-bond donors (Lipinski definition) is 1. The highest BCUT2D eigenvalue weighted by atomic mass is 79.9. The molecule has 27 heavy (non-hydrogen) atoms. The molecule has 0 spiro atoms. The van der Waals surface area contributed by atoms with E-state index < -0.39 is 0 Å². The number of carbonyl (C=O) groups is 1. The Labute approximate surface area is 165 Å². The minimum absolute atomic E-state index is 0.193. The van der Waals surface area contributed by atoms with Crippen LogP contribution in [0.25, 0.3) is 11.7 Å². The lowest BCUT2D eigenvalue weighted by molar-refractivity contribution is -0.116. The van der Waals surface area contributed by atoms with Crippen molar-refractivity contribution in [1.29, 1.82) is 0 Å². The van der Waals surface area contributed by atoms with Gasteiger partial charge in [-0.25, -0.2) is 4.98 Å². The van der Waals surface area contributed by atoms with Crippen LogP contribution in [0.2, 0.25) is 0 Å². The molecule has 0 radical (unpaired) electrons. The summed E-state index contributed by atoms with van der Waals surface area (Å²) in [5.74, 6) is 1.12. The number of nitrogens with zero attached hydrogens (tertiary/aromatic N) is 2. The maximum Gasteiger partial charge on any atom is 0.244 e. The van der Waals surface area contributed by atoms with Gasteiger partial charge in [-0.3, -0.25) is 4.79 Å². The fourth-order valence-corrected chi connectivity index (χ4v) is 2.93. The van der Waals surface area contributed by atoms with Crippen LogP contribution < -0.4 is 14.8 Å². The summed E-state index contributed by atoms with van der Waals surface area (Å²) in [7, 11) is 1.60. The smallest absolute Gasteiger partial charge is 0.244 e. The Hall–Kier alpha value is -2.80. The lowest BCUT2D eigenvalue weighted by Gasteiger charge is -2.09. The molecule has 0 aliphatic rings. The number of aromatic nitrogens is 2. The van der Waals surface area contributed by atoms with E-state index in [4.69, 9.17) is 9.47 Å². The van der Waals surface area contributed by atoms with Crippen LogP contribution in [0.15, 0.2) is 53.3 Å². The minimum Gasteiger partial charge on any atom is -0.493 e. The number of halogens is 1. The van der Waals surface area contributed by atoms with Gasteiger partial charge in [0, 0.05) is 22.9 Å². The molecule has 0 bridgehead atoms. The molecule has 3 aromatic rings. The van der Waals surface area contributed by atoms with E-state index >= 15 is 0 Å². The largest absolute Gasteiger partial charge is 0.493 e. The lowest BCUT2D eigenvalue weighted by Crippen LogP contribution is -2.20. The van der Waals surface area contributed by atoms with Gasteiger partial charge in [-0.15, -0.1) is 0 Å². The van der Waals surface area contributed by atoms with Crippen LogP contribution >= 0.6 is 15.9 Å². The first-order valence-electron chi connectivity index (χ1n) is 8.49. The first-order chi connectivity index (χ1) is 13.1. The summed E-state index contributed by atoms with van der Waals surface area (Å²) in [4.78, 5) is 16.6. The number of ether oxygens (including phenoxy) is 2. The fourth-order valence-electron chi connectivity index (χ4n) is 2.58. The van der Waals surface area contributed by atoms with Crippen molar-refractivity contribution in [3.63, 3.8) is 0 Å². The first-order valence-corrected chi connectivity index (χ1v) is 9.28. The second-order valence-corrected chi connectivity index (χ2v) is 6.66. The van der Waals surface area contributed by atoms with Crippen molar-refractivity contribution in [1.82, 2.24) is 14.7 Å². The minimum atomic E-state index is -0.193. The molecule has 7 heteroatoms. The zero-order chi connectivity index (χ0) is 19.2. The van der Waals surface area contributed by atoms with Crippen molar-refractivity contribution >= 4 is 33.6 Å². The van der Waals surface area contributed by atoms with Crippen LogP contribution in [0.5, 0.6) is 11.5 Å². The molecule has 1 amide bonds. The summed E-state index contributed by atoms with van der Waals surface area (Å²) < 4.78 is 13.7. The Kier molecular flexibility index (Phi) is 6.13. The van der Waals surface area contributed by atoms with Crippen molar-refractivity contribution in [2.45, 2.75) is 13.5 Å². The molecule has 0 atom stereocenters. The second kappa shape index (κ2) is 8.73. The van der Waals surface area contributed by atoms with Crippen LogP contribution in [-0.4, -0.2) is 29.0 Å². The summed E-state index contributed by atoms with van der Waals surface area (Å²) >= 11 is 3.43. The highest BCUT2D eigenvalue weighted by Crippen LogP contribution is 2.28. The molecular formula is C20H20BrN3O3. The SMILES string of the molecule is CCOc1cc(/C=C/C(=O)NCc2cn3cc(Br)ccc3n2)ccc1OC. The molecule has 0 saturated carbocycles. The molecule has 0 saturated heterocycles. The number of rotatable bonds is 7. The number of pyridine rings is 1. The average Bonchev–Trinajstić information content (AvgIpc) is 3.07. The highest BCUT2D eigenvalue weighted by molar-refractivity contribution is 9.10. The van der Waals surface area contributed by atoms with Crippen molar-refractivity contribution in [3.8, 4) is 11.5 Å². The Morgan fingerprint density at radius 2 is 2.11 bits per heavy atom. The molecule has 2 heterocycles. The molecule has 140 valence electrons. The monoisotopic (exact) mass is 429 g/mol. The maximum absolute atomic E-state index is 12.1. The van der Waals surface area contributed by atoms with Crippen LogP contribution in [-0.2, 0) is 11.3 Å². The second-order valence-electron chi connectivity index (χ2n) is 5.74. The summed E-state index contributed by atoms with van der Waals surface area (Å²) in [5, 5.41) is 2.84. The summed E-state index contributed by atoms with van der Waals surface area (Å²) in [6.45, 7) is 2.81. The van der Waals surface area contributed by atoms with E-state index in [1.54, 1.807) is 13.2 Å². The van der Waals surface area contributed by atoms with Gasteiger partial charge >= 0.3 is 0 Å². The zero-order valence-electron chi connectivity index (χ0n) is 15.1. The number of fused-ring (bicyclic) bond motifs is 1. The molecule has 1 N–H and O–H groups in total. The third-order valence-electron chi connectivity index (χ3n) is 3.82. The number of hydrogen-bond acceptors (Lipinski definition) is 4. The molecule has 0 aliphatic carbocycles. The van der Waals surface area contributed by atoms with E-state index in [0.717, 1.165) is 21.4 Å². The normalized spacial score (nSPS) is 11.1. The number of methoxy groups -OCH3 is 1. The number of amides is 1. The standard InChI is InChI=1S/C20H20BrN3O3/c1-3-27-18-10-14(4-7-17(18)26-2)5-9-20(25)22-11-16-13-24-12-15(21)6-8-19(24)23-16/h4-10,12-13H,3,11H2,1-2H3,(H,22,25)/b9-5+. The molecular weight excluding hydrogens is 410 g/mol. The molecule has 1 aromatic carbocycles. The molecule has 0 aliphatic heterocycles. The first kappa shape index (κ1) is 19.0. The van der Waals surface area contributed by atoms with Gasteiger partial charge in [0.25, 0.3) is 0 Å². The Balaban J connectivity index is 1.62. The van der Waals surface area contributed by atoms with Gasteiger partial charge in [0.1, 0.15) is 5.65 Å². The third kappa shape index (κ3) is 4.89. The lowest BCUT2D eigenvalue weighted by atomic mass is 10.2. The number of carbonyl (C=O) groups excluding carboxylic acids is 1. The van der Waals surface area contributed by atoms with Gasteiger partial charge in [-0.2, -0.15) is 0 Å². The number of nitrogens with one attached hydrogen (secondary N) is 1. The van der Waals surface area contributed by atoms with Crippen molar-refractivity contribution in [3.05, 3.63) is 64.5 Å². The van der Waals surface area contributed by atoms with Crippen LogP contribution in [0.3, 0.4) is 0 Å². The van der Waals surface area contributed by atoms with E-state index in [-0.39, 0.29) is 5.91 Å². The topological polar surface area (TPSA) is 64.9 Å². The van der Waals surface area contributed by atoms with Gasteiger partial charge in [0.2, 0.25) is 5.91 Å². The van der Waals surface area contributed by atoms with Crippen LogP contribution in [0.4, 0.5) is 0 Å². The van der Waals surface area contributed by atoms with Gasteiger partial charge < -0.3 is 19.2 Å². The summed E-state index contributed by atoms with van der Waals surface area (Å²) in [5.41, 5.74) is 2.48. The number of imidazole rings is 1. The predicted molar refractivity (Wildman–Crippen MR) is 108 cm³/mol. The Morgan fingerprint density at radius 1 is 1.26 bits per heavy atom.